The number of hydrogen-bond donors (Lipinski definition) is 2. The molecule has 1 rings (SSSR count). The summed E-state index contributed by atoms with van der Waals surface area (Å²) in [5.74, 6) is -1.85. The van der Waals surface area contributed by atoms with Crippen molar-refractivity contribution in [2.75, 3.05) is 0 Å². The van der Waals surface area contributed by atoms with Gasteiger partial charge in [-0.25, -0.2) is 18.2 Å². The molecule has 92 valence electrons. The topological polar surface area (TPSA) is 111 Å². The molecule has 0 bridgehead atoms. The predicted molar refractivity (Wildman–Crippen MR) is 42.0 cm³/mol. The highest BCUT2D eigenvalue weighted by atomic mass is 32.3. The van der Waals surface area contributed by atoms with Crippen LogP contribution in [0.5, 0.6) is 0 Å². The number of carbonyl (C=O) groups is 1. The van der Waals surface area contributed by atoms with Crippen LogP contribution in [0.4, 0.5) is 13.2 Å². The summed E-state index contributed by atoms with van der Waals surface area (Å²) in [6.07, 6.45) is -1.75. The second-order valence-corrected chi connectivity index (χ2v) is 3.16. The predicted octanol–water partition coefficient (Wildman–Crippen LogP) is -1.52. The molecule has 16 heavy (non-hydrogen) atoms. The van der Waals surface area contributed by atoms with Crippen LogP contribution in [-0.2, 0) is 15.2 Å². The average Bonchev–Trinajstić information content (AvgIpc) is 2.49. The maximum absolute atomic E-state index is 11.6. The zero-order valence-corrected chi connectivity index (χ0v) is 8.12. The minimum atomic E-state index is -4.92. The number of quaternary nitrogens is 1. The first-order chi connectivity index (χ1) is 7.02. The number of nitrogens with one attached hydrogen (secondary N) is 1. The fourth-order valence-corrected chi connectivity index (χ4v) is 0.588. The van der Waals surface area contributed by atoms with Gasteiger partial charge in [-0.3, -0.25) is 4.55 Å². The van der Waals surface area contributed by atoms with Crippen LogP contribution in [-0.4, -0.2) is 35.9 Å². The quantitative estimate of drug-likeness (QED) is 0.406. The van der Waals surface area contributed by atoms with Crippen molar-refractivity contribution in [3.63, 3.8) is 0 Å². The smallest absolute Gasteiger partial charge is 0.510 e. The number of hydrogen-bond acceptors (Lipinski definition) is 5. The van der Waals surface area contributed by atoms with E-state index in [2.05, 4.69) is 4.99 Å². The van der Waals surface area contributed by atoms with Gasteiger partial charge in [0, 0.05) is 0 Å². The van der Waals surface area contributed by atoms with Crippen LogP contribution in [0.2, 0.25) is 0 Å². The molecule has 2 N–H and O–H groups in total. The van der Waals surface area contributed by atoms with E-state index >= 15 is 0 Å². The standard InChI is InChI=1S/C5H3F3N2O.H2O4S/c6-5(7,8)4(11)10-2-1-9-3-10;1-5(2,3)4/h1-3H;(H2,1,2,3,4). The van der Waals surface area contributed by atoms with Crippen LogP contribution >= 0.6 is 0 Å². The minimum Gasteiger partial charge on any atom is -0.726 e. The first-order valence-corrected chi connectivity index (χ1v) is 4.75. The van der Waals surface area contributed by atoms with Gasteiger partial charge in [0.05, 0.1) is 6.20 Å². The van der Waals surface area contributed by atoms with E-state index in [1.54, 1.807) is 0 Å². The molecule has 0 aromatic carbocycles. The number of carbonyl (C=O) groups excluding carboxylic acids is 1. The Kier molecular flexibility index (Phi) is 4.74. The Bertz CT molecular complexity index is 392. The highest BCUT2D eigenvalue weighted by Gasteiger charge is 2.47. The van der Waals surface area contributed by atoms with Gasteiger partial charge in [-0.15, -0.1) is 0 Å². The van der Waals surface area contributed by atoms with Gasteiger partial charge in [-0.05, 0) is 0 Å². The molecule has 1 aliphatic rings. The first kappa shape index (κ1) is 14.7. The minimum absolute atomic E-state index is 0.419. The molecule has 11 heteroatoms. The van der Waals surface area contributed by atoms with Crippen LogP contribution < -0.4 is 4.90 Å². The third-order valence-electron chi connectivity index (χ3n) is 1.07. The molecule has 1 amide bonds. The molecular weight excluding hydrogens is 257 g/mol. The fourth-order valence-electron chi connectivity index (χ4n) is 0.588. The third kappa shape index (κ3) is 7.05. The van der Waals surface area contributed by atoms with E-state index in [1.165, 1.54) is 0 Å². The summed E-state index contributed by atoms with van der Waals surface area (Å²) in [6.45, 7) is 0. The molecule has 0 spiro atoms. The second-order valence-electron chi connectivity index (χ2n) is 2.30. The van der Waals surface area contributed by atoms with Crippen LogP contribution in [0.15, 0.2) is 17.4 Å². The summed E-state index contributed by atoms with van der Waals surface area (Å²) in [7, 11) is -4.92. The summed E-state index contributed by atoms with van der Waals surface area (Å²) < 4.78 is 67.7. The van der Waals surface area contributed by atoms with Crippen molar-refractivity contribution in [2.24, 2.45) is 4.99 Å². The molecule has 0 aliphatic carbocycles. The summed E-state index contributed by atoms with van der Waals surface area (Å²) in [4.78, 5) is 13.3. The molecule has 1 heterocycles. The molecule has 1 atom stereocenters. The first-order valence-electron chi connectivity index (χ1n) is 3.38. The Hall–Kier alpha value is -1.30. The normalized spacial score (nSPS) is 19.2. The summed E-state index contributed by atoms with van der Waals surface area (Å²) in [5.41, 5.74) is 0. The maximum atomic E-state index is 11.6. The zero-order chi connectivity index (χ0) is 13.0. The summed E-state index contributed by atoms with van der Waals surface area (Å²) in [5, 5.41) is 0. The average molecular weight is 262 g/mol. The van der Waals surface area contributed by atoms with Crippen LogP contribution in [0, 0.1) is 0 Å². The van der Waals surface area contributed by atoms with Gasteiger partial charge in [-0.2, -0.15) is 18.1 Å². The van der Waals surface area contributed by atoms with Gasteiger partial charge in [0.15, 0.2) is 0 Å². The van der Waals surface area contributed by atoms with Crippen molar-refractivity contribution in [1.29, 1.82) is 0 Å². The third-order valence-corrected chi connectivity index (χ3v) is 1.07. The van der Waals surface area contributed by atoms with E-state index in [4.69, 9.17) is 17.5 Å². The van der Waals surface area contributed by atoms with E-state index in [0.717, 1.165) is 18.7 Å². The van der Waals surface area contributed by atoms with Crippen molar-refractivity contribution in [2.45, 2.75) is 6.18 Å². The van der Waals surface area contributed by atoms with E-state index in [0.29, 0.717) is 0 Å². The number of aliphatic imine (C=N–C) groups is 1. The lowest BCUT2D eigenvalue weighted by Gasteiger charge is -2.04. The second kappa shape index (κ2) is 5.16. The highest BCUT2D eigenvalue weighted by Crippen LogP contribution is 2.12. The lowest BCUT2D eigenvalue weighted by Crippen LogP contribution is -3.10. The molecule has 0 fully saturated rings. The summed E-state index contributed by atoms with van der Waals surface area (Å²) in [6, 6.07) is 0. The lowest BCUT2D eigenvalue weighted by atomic mass is 10.5. The van der Waals surface area contributed by atoms with E-state index in [-0.39, 0.29) is 0 Å². The van der Waals surface area contributed by atoms with E-state index in [1.807, 2.05) is 0 Å². The fraction of sp³-hybridized carbons (Fsp3) is 0.200. The van der Waals surface area contributed by atoms with Crippen molar-refractivity contribution >= 4 is 22.6 Å². The Labute approximate surface area is 87.5 Å². The Morgan fingerprint density at radius 3 is 2.12 bits per heavy atom. The zero-order valence-electron chi connectivity index (χ0n) is 7.30. The van der Waals surface area contributed by atoms with Gasteiger partial charge in [0.1, 0.15) is 6.20 Å². The van der Waals surface area contributed by atoms with Gasteiger partial charge in [-0.1, -0.05) is 0 Å². The van der Waals surface area contributed by atoms with Crippen molar-refractivity contribution in [3.8, 4) is 0 Å². The molecule has 0 saturated carbocycles. The van der Waals surface area contributed by atoms with Crippen molar-refractivity contribution in [3.05, 3.63) is 12.4 Å². The Morgan fingerprint density at radius 1 is 1.44 bits per heavy atom. The van der Waals surface area contributed by atoms with Gasteiger partial charge < -0.3 is 4.55 Å². The maximum Gasteiger partial charge on any atom is 0.510 e. The number of halogens is 3. The van der Waals surface area contributed by atoms with Crippen molar-refractivity contribution < 1.29 is 40.4 Å². The number of nitrogens with zero attached hydrogens (tertiary/aromatic N) is 1. The largest absolute Gasteiger partial charge is 0.726 e. The lowest BCUT2D eigenvalue weighted by molar-refractivity contribution is -0.657. The van der Waals surface area contributed by atoms with Crippen molar-refractivity contribution in [1.82, 2.24) is 0 Å². The van der Waals surface area contributed by atoms with Gasteiger partial charge >= 0.3 is 12.1 Å². The van der Waals surface area contributed by atoms with Gasteiger partial charge in [0.25, 0.3) is 0 Å². The monoisotopic (exact) mass is 262 g/mol. The molecule has 0 radical (unpaired) electrons. The van der Waals surface area contributed by atoms with Crippen LogP contribution in [0.1, 0.15) is 0 Å². The Morgan fingerprint density at radius 2 is 1.88 bits per heavy atom. The highest BCUT2D eigenvalue weighted by molar-refractivity contribution is 7.79. The van der Waals surface area contributed by atoms with Gasteiger partial charge in [0.2, 0.25) is 16.7 Å². The van der Waals surface area contributed by atoms with Crippen LogP contribution in [0.25, 0.3) is 0 Å². The van der Waals surface area contributed by atoms with Crippen LogP contribution in [0.3, 0.4) is 0 Å². The molecule has 0 aromatic heterocycles. The number of amides is 1. The summed E-state index contributed by atoms with van der Waals surface area (Å²) >= 11 is 0. The van der Waals surface area contributed by atoms with E-state index < -0.39 is 27.4 Å². The molecular formula is C5H5F3N2O5S. The molecule has 0 saturated heterocycles. The van der Waals surface area contributed by atoms with E-state index in [9.17, 15) is 18.0 Å². The molecule has 1 unspecified atom stereocenters. The SMILES string of the molecule is O=C([NH+]1C=CN=C1)C(F)(F)F.O=S(=O)([O-])O. The number of rotatable bonds is 0. The molecule has 7 nitrogen and oxygen atoms in total. The molecule has 0 aromatic rings. The number of alkyl halides is 3. The molecule has 1 aliphatic heterocycles. The Balaban J connectivity index is 0.000000385.